The normalized spacial score (nSPS) is 11.3. The molecule has 0 bridgehead atoms. The van der Waals surface area contributed by atoms with Crippen LogP contribution in [-0.4, -0.2) is 20.9 Å². The van der Waals surface area contributed by atoms with Crippen LogP contribution in [0, 0.1) is 0 Å². The largest absolute Gasteiger partial charge is 0.410 e. The molecule has 0 aliphatic rings. The molecular weight excluding hydrogens is 190 g/mol. The number of aromatic nitrogens is 2. The molecule has 2 rings (SSSR count). The van der Waals surface area contributed by atoms with Crippen molar-refractivity contribution >= 4 is 5.71 Å². The molecule has 0 saturated heterocycles. The van der Waals surface area contributed by atoms with Crippen molar-refractivity contribution in [3.8, 4) is 0 Å². The van der Waals surface area contributed by atoms with Crippen LogP contribution in [0.5, 0.6) is 0 Å². The Kier molecular flexibility index (Phi) is 2.69. The molecular formula is C11H9N3O. The Morgan fingerprint density at radius 3 is 2.27 bits per heavy atom. The molecule has 1 N–H and O–H groups in total. The summed E-state index contributed by atoms with van der Waals surface area (Å²) in [6, 6.07) is 9.39. The average molecular weight is 199 g/mol. The molecule has 0 atom stereocenters. The molecule has 0 radical (unpaired) electrons. The maximum atomic E-state index is 8.97. The first kappa shape index (κ1) is 9.33. The van der Waals surface area contributed by atoms with Crippen molar-refractivity contribution in [3.63, 3.8) is 0 Å². The molecule has 1 heterocycles. The molecule has 2 aromatic rings. The van der Waals surface area contributed by atoms with Crippen LogP contribution in [0.1, 0.15) is 11.1 Å². The number of nitrogens with zero attached hydrogens (tertiary/aromatic N) is 3. The van der Waals surface area contributed by atoms with Gasteiger partial charge >= 0.3 is 0 Å². The third kappa shape index (κ3) is 1.99. The summed E-state index contributed by atoms with van der Waals surface area (Å²) >= 11 is 0. The van der Waals surface area contributed by atoms with Crippen LogP contribution in [0.15, 0.2) is 54.2 Å². The van der Waals surface area contributed by atoms with Crippen LogP contribution < -0.4 is 0 Å². The zero-order valence-electron chi connectivity index (χ0n) is 7.91. The Balaban J connectivity index is 2.44. The summed E-state index contributed by atoms with van der Waals surface area (Å²) in [5.41, 5.74) is 1.98. The molecule has 0 saturated carbocycles. The minimum absolute atomic E-state index is 0.469. The second-order valence-corrected chi connectivity index (χ2v) is 2.94. The van der Waals surface area contributed by atoms with Gasteiger partial charge in [-0.1, -0.05) is 35.5 Å². The van der Waals surface area contributed by atoms with Crippen LogP contribution in [0.2, 0.25) is 0 Å². The maximum Gasteiger partial charge on any atom is 0.120 e. The number of oxime groups is 1. The van der Waals surface area contributed by atoms with Crippen molar-refractivity contribution in [2.24, 2.45) is 5.16 Å². The van der Waals surface area contributed by atoms with Gasteiger partial charge in [0.1, 0.15) is 12.0 Å². The lowest BCUT2D eigenvalue weighted by atomic mass is 10.1. The predicted octanol–water partition coefficient (Wildman–Crippen LogP) is 1.70. The van der Waals surface area contributed by atoms with Crippen molar-refractivity contribution in [1.29, 1.82) is 0 Å². The summed E-state index contributed by atoms with van der Waals surface area (Å²) in [6.45, 7) is 0. The second kappa shape index (κ2) is 4.32. The highest BCUT2D eigenvalue weighted by molar-refractivity contribution is 6.12. The zero-order valence-corrected chi connectivity index (χ0v) is 7.91. The van der Waals surface area contributed by atoms with E-state index in [0.29, 0.717) is 11.3 Å². The van der Waals surface area contributed by atoms with Gasteiger partial charge in [-0.3, -0.25) is 0 Å². The highest BCUT2D eigenvalue weighted by Crippen LogP contribution is 2.08. The number of rotatable bonds is 2. The molecule has 0 aliphatic carbocycles. The van der Waals surface area contributed by atoms with E-state index in [1.165, 1.54) is 6.33 Å². The van der Waals surface area contributed by atoms with Crippen LogP contribution >= 0.6 is 0 Å². The molecule has 0 aliphatic heterocycles. The highest BCUT2D eigenvalue weighted by atomic mass is 16.4. The van der Waals surface area contributed by atoms with E-state index in [-0.39, 0.29) is 0 Å². The Hall–Kier alpha value is -2.23. The number of hydrogen-bond acceptors (Lipinski definition) is 4. The Bertz CT molecular complexity index is 412. The smallest absolute Gasteiger partial charge is 0.120 e. The van der Waals surface area contributed by atoms with Gasteiger partial charge in [0.25, 0.3) is 0 Å². The fourth-order valence-electron chi connectivity index (χ4n) is 1.30. The van der Waals surface area contributed by atoms with Crippen molar-refractivity contribution in [2.75, 3.05) is 0 Å². The monoisotopic (exact) mass is 199 g/mol. The third-order valence-electron chi connectivity index (χ3n) is 1.98. The molecule has 74 valence electrons. The molecule has 0 amide bonds. The van der Waals surface area contributed by atoms with E-state index in [0.717, 1.165) is 5.56 Å². The first-order valence-electron chi connectivity index (χ1n) is 4.44. The fraction of sp³-hybridized carbons (Fsp3) is 0. The standard InChI is InChI=1S/C11H9N3O/c15-14-11(9-4-2-1-3-5-9)10-6-12-8-13-7-10/h1-8,15H/b14-11+. The lowest BCUT2D eigenvalue weighted by Crippen LogP contribution is -2.03. The minimum Gasteiger partial charge on any atom is -0.410 e. The summed E-state index contributed by atoms with van der Waals surface area (Å²) in [6.07, 6.45) is 4.65. The van der Waals surface area contributed by atoms with Crippen molar-refractivity contribution in [1.82, 2.24) is 9.97 Å². The molecule has 0 fully saturated rings. The first-order valence-corrected chi connectivity index (χ1v) is 4.44. The Morgan fingerprint density at radius 2 is 1.67 bits per heavy atom. The van der Waals surface area contributed by atoms with Gasteiger partial charge in [-0.25, -0.2) is 9.97 Å². The van der Waals surface area contributed by atoms with E-state index in [2.05, 4.69) is 15.1 Å². The van der Waals surface area contributed by atoms with E-state index in [9.17, 15) is 0 Å². The van der Waals surface area contributed by atoms with Gasteiger partial charge in [0.15, 0.2) is 0 Å². The van der Waals surface area contributed by atoms with Crippen molar-refractivity contribution in [3.05, 3.63) is 60.2 Å². The first-order chi connectivity index (χ1) is 7.42. The molecule has 1 aromatic carbocycles. The lowest BCUT2D eigenvalue weighted by Gasteiger charge is -2.02. The summed E-state index contributed by atoms with van der Waals surface area (Å²) in [5.74, 6) is 0. The predicted molar refractivity (Wildman–Crippen MR) is 55.9 cm³/mol. The van der Waals surface area contributed by atoms with E-state index in [1.54, 1.807) is 12.4 Å². The summed E-state index contributed by atoms with van der Waals surface area (Å²) < 4.78 is 0. The van der Waals surface area contributed by atoms with Crippen molar-refractivity contribution in [2.45, 2.75) is 0 Å². The SMILES string of the molecule is O/N=C(\c1ccccc1)c1cncnc1. The highest BCUT2D eigenvalue weighted by Gasteiger charge is 2.06. The zero-order chi connectivity index (χ0) is 10.5. The maximum absolute atomic E-state index is 8.97. The molecule has 1 aromatic heterocycles. The molecule has 4 heteroatoms. The van der Waals surface area contributed by atoms with E-state index >= 15 is 0 Å². The van der Waals surface area contributed by atoms with Crippen LogP contribution in [0.3, 0.4) is 0 Å². The lowest BCUT2D eigenvalue weighted by molar-refractivity contribution is 0.319. The van der Waals surface area contributed by atoms with Crippen LogP contribution in [0.25, 0.3) is 0 Å². The van der Waals surface area contributed by atoms with Gasteiger partial charge in [0, 0.05) is 23.5 Å². The fourth-order valence-corrected chi connectivity index (χ4v) is 1.30. The van der Waals surface area contributed by atoms with Gasteiger partial charge in [0.05, 0.1) is 0 Å². The van der Waals surface area contributed by atoms with Gasteiger partial charge < -0.3 is 5.21 Å². The molecule has 4 nitrogen and oxygen atoms in total. The average Bonchev–Trinajstić information content (AvgIpc) is 2.33. The topological polar surface area (TPSA) is 58.4 Å². The van der Waals surface area contributed by atoms with E-state index in [4.69, 9.17) is 5.21 Å². The van der Waals surface area contributed by atoms with E-state index < -0.39 is 0 Å². The quantitative estimate of drug-likeness (QED) is 0.455. The van der Waals surface area contributed by atoms with Gasteiger partial charge in [-0.05, 0) is 0 Å². The van der Waals surface area contributed by atoms with Gasteiger partial charge in [-0.15, -0.1) is 0 Å². The number of hydrogen-bond donors (Lipinski definition) is 1. The molecule has 15 heavy (non-hydrogen) atoms. The second-order valence-electron chi connectivity index (χ2n) is 2.94. The molecule has 0 unspecified atom stereocenters. The minimum atomic E-state index is 0.469. The third-order valence-corrected chi connectivity index (χ3v) is 1.98. The van der Waals surface area contributed by atoms with Gasteiger partial charge in [-0.2, -0.15) is 0 Å². The number of benzene rings is 1. The van der Waals surface area contributed by atoms with Gasteiger partial charge in [0.2, 0.25) is 0 Å². The van der Waals surface area contributed by atoms with Crippen LogP contribution in [0.4, 0.5) is 0 Å². The Morgan fingerprint density at radius 1 is 1.00 bits per heavy atom. The summed E-state index contributed by atoms with van der Waals surface area (Å²) in [5, 5.41) is 12.2. The summed E-state index contributed by atoms with van der Waals surface area (Å²) in [7, 11) is 0. The van der Waals surface area contributed by atoms with Crippen molar-refractivity contribution < 1.29 is 5.21 Å². The molecule has 0 spiro atoms. The summed E-state index contributed by atoms with van der Waals surface area (Å²) in [4.78, 5) is 7.75. The van der Waals surface area contributed by atoms with E-state index in [1.807, 2.05) is 30.3 Å². The van der Waals surface area contributed by atoms with Crippen LogP contribution in [-0.2, 0) is 0 Å². The Labute approximate surface area is 86.9 Å².